The highest BCUT2D eigenvalue weighted by molar-refractivity contribution is 5.69. The van der Waals surface area contributed by atoms with Crippen LogP contribution in [0.3, 0.4) is 0 Å². The first-order chi connectivity index (χ1) is 9.74. The second-order valence-corrected chi connectivity index (χ2v) is 4.86. The van der Waals surface area contributed by atoms with E-state index in [4.69, 9.17) is 14.2 Å². The van der Waals surface area contributed by atoms with Crippen LogP contribution in [0.5, 0.6) is 0 Å². The Morgan fingerprint density at radius 3 is 2.10 bits per heavy atom. The van der Waals surface area contributed by atoms with Crippen molar-refractivity contribution in [3.63, 3.8) is 0 Å². The molecule has 0 unspecified atom stereocenters. The molecule has 0 aromatic heterocycles. The molecule has 0 bridgehead atoms. The van der Waals surface area contributed by atoms with Crippen LogP contribution < -0.4 is 0 Å². The number of esters is 1. The Morgan fingerprint density at radius 1 is 0.900 bits per heavy atom. The summed E-state index contributed by atoms with van der Waals surface area (Å²) in [6, 6.07) is 0. The molecule has 0 aliphatic carbocycles. The minimum Gasteiger partial charge on any atom is -0.466 e. The second-order valence-electron chi connectivity index (χ2n) is 4.86. The maximum atomic E-state index is 11.6. The molecule has 0 rings (SSSR count). The van der Waals surface area contributed by atoms with Crippen LogP contribution in [0.1, 0.15) is 39.0 Å². The van der Waals surface area contributed by atoms with E-state index in [-0.39, 0.29) is 5.97 Å². The number of hydrogen-bond donors (Lipinski definition) is 0. The van der Waals surface area contributed by atoms with Crippen LogP contribution >= 0.6 is 0 Å². The van der Waals surface area contributed by atoms with Crippen molar-refractivity contribution >= 4 is 5.97 Å². The predicted octanol–water partition coefficient (Wildman–Crippen LogP) is 2.09. The van der Waals surface area contributed by atoms with Crippen LogP contribution in [-0.2, 0) is 19.0 Å². The highest BCUT2D eigenvalue weighted by atomic mass is 16.5. The molecule has 0 saturated heterocycles. The Labute approximate surface area is 123 Å². The first-order valence-electron chi connectivity index (χ1n) is 7.60. The largest absolute Gasteiger partial charge is 0.466 e. The molecule has 5 nitrogen and oxygen atoms in total. The van der Waals surface area contributed by atoms with Gasteiger partial charge in [-0.1, -0.05) is 26.2 Å². The Bertz CT molecular complexity index is 216. The molecule has 0 atom stereocenters. The molecule has 0 aromatic carbocycles. The fourth-order valence-electron chi connectivity index (χ4n) is 1.81. The van der Waals surface area contributed by atoms with Crippen LogP contribution in [0.15, 0.2) is 0 Å². The van der Waals surface area contributed by atoms with Crippen molar-refractivity contribution in [3.05, 3.63) is 0 Å². The summed E-state index contributed by atoms with van der Waals surface area (Å²) in [5.41, 5.74) is 0. The van der Waals surface area contributed by atoms with Crippen molar-refractivity contribution in [1.29, 1.82) is 0 Å². The molecule has 0 spiro atoms. The average Bonchev–Trinajstić information content (AvgIpc) is 2.46. The van der Waals surface area contributed by atoms with Gasteiger partial charge in [0.15, 0.2) is 0 Å². The summed E-state index contributed by atoms with van der Waals surface area (Å²) in [5.74, 6) is -0.110. The molecule has 20 heavy (non-hydrogen) atoms. The fraction of sp³-hybridized carbons (Fsp3) is 0.933. The fourth-order valence-corrected chi connectivity index (χ4v) is 1.81. The smallest absolute Gasteiger partial charge is 0.307 e. The Morgan fingerprint density at radius 2 is 1.55 bits per heavy atom. The maximum Gasteiger partial charge on any atom is 0.307 e. The number of carbonyl (C=O) groups excluding carboxylic acids is 1. The van der Waals surface area contributed by atoms with Gasteiger partial charge >= 0.3 is 5.97 Å². The quantitative estimate of drug-likeness (QED) is 0.362. The lowest BCUT2D eigenvalue weighted by molar-refractivity contribution is -0.144. The summed E-state index contributed by atoms with van der Waals surface area (Å²) in [6.07, 6.45) is 4.94. The van der Waals surface area contributed by atoms with Gasteiger partial charge in [-0.15, -0.1) is 0 Å². The summed E-state index contributed by atoms with van der Waals surface area (Å²) >= 11 is 0. The number of methoxy groups -OCH3 is 2. The van der Waals surface area contributed by atoms with Crippen LogP contribution in [-0.4, -0.2) is 64.5 Å². The molecule has 0 aromatic rings. The summed E-state index contributed by atoms with van der Waals surface area (Å²) in [4.78, 5) is 13.8. The molecular weight excluding hydrogens is 258 g/mol. The highest BCUT2D eigenvalue weighted by Gasteiger charge is 2.09. The Hall–Kier alpha value is -0.650. The molecule has 5 heteroatoms. The van der Waals surface area contributed by atoms with Gasteiger partial charge in [-0.2, -0.15) is 0 Å². The third kappa shape index (κ3) is 12.4. The van der Waals surface area contributed by atoms with Crippen LogP contribution in [0.2, 0.25) is 0 Å². The van der Waals surface area contributed by atoms with Crippen molar-refractivity contribution in [2.75, 3.05) is 53.7 Å². The third-order valence-electron chi connectivity index (χ3n) is 3.12. The zero-order valence-corrected chi connectivity index (χ0v) is 13.4. The van der Waals surface area contributed by atoms with Crippen molar-refractivity contribution < 1.29 is 19.0 Å². The van der Waals surface area contributed by atoms with E-state index in [0.29, 0.717) is 32.8 Å². The zero-order valence-electron chi connectivity index (χ0n) is 13.4. The lowest BCUT2D eigenvalue weighted by Crippen LogP contribution is -2.33. The van der Waals surface area contributed by atoms with E-state index in [2.05, 4.69) is 11.8 Å². The Balaban J connectivity index is 3.68. The minimum absolute atomic E-state index is 0.110. The number of rotatable bonds is 14. The molecule has 120 valence electrons. The molecule has 0 saturated carbocycles. The van der Waals surface area contributed by atoms with Gasteiger partial charge in [0.25, 0.3) is 0 Å². The molecule has 0 aliphatic heterocycles. The predicted molar refractivity (Wildman–Crippen MR) is 79.9 cm³/mol. The maximum absolute atomic E-state index is 11.6. The number of unbranched alkanes of at least 4 members (excludes halogenated alkanes) is 3. The molecular formula is C15H31NO4. The van der Waals surface area contributed by atoms with E-state index in [1.807, 2.05) is 0 Å². The van der Waals surface area contributed by atoms with E-state index < -0.39 is 0 Å². The molecule has 0 radical (unpaired) electrons. The monoisotopic (exact) mass is 289 g/mol. The summed E-state index contributed by atoms with van der Waals surface area (Å²) in [7, 11) is 3.36. The number of nitrogens with zero attached hydrogens (tertiary/aromatic N) is 1. The van der Waals surface area contributed by atoms with Crippen molar-refractivity contribution in [2.45, 2.75) is 39.0 Å². The van der Waals surface area contributed by atoms with Gasteiger partial charge < -0.3 is 14.2 Å². The summed E-state index contributed by atoms with van der Waals surface area (Å²) in [5, 5.41) is 0. The lowest BCUT2D eigenvalue weighted by atomic mass is 10.2. The molecule has 0 heterocycles. The molecule has 0 fully saturated rings. The SMILES string of the molecule is CCCCCCOC(=O)CCN(CCOC)CCOC. The van der Waals surface area contributed by atoms with E-state index >= 15 is 0 Å². The van der Waals surface area contributed by atoms with Crippen LogP contribution in [0.4, 0.5) is 0 Å². The second kappa shape index (κ2) is 14.8. The van der Waals surface area contributed by atoms with Gasteiger partial charge in [0.1, 0.15) is 0 Å². The van der Waals surface area contributed by atoms with E-state index in [1.165, 1.54) is 12.8 Å². The minimum atomic E-state index is -0.110. The average molecular weight is 289 g/mol. The summed E-state index contributed by atoms with van der Waals surface area (Å²) < 4.78 is 15.3. The standard InChI is InChI=1S/C15H31NO4/c1-4-5-6-7-12-20-15(17)8-9-16(10-13-18-2)11-14-19-3/h4-14H2,1-3H3. The topological polar surface area (TPSA) is 48.0 Å². The third-order valence-corrected chi connectivity index (χ3v) is 3.12. The van der Waals surface area contributed by atoms with Gasteiger partial charge in [-0.3, -0.25) is 9.69 Å². The van der Waals surface area contributed by atoms with Gasteiger partial charge in [0, 0.05) is 33.9 Å². The molecule has 0 amide bonds. The van der Waals surface area contributed by atoms with Crippen molar-refractivity contribution in [1.82, 2.24) is 4.90 Å². The lowest BCUT2D eigenvalue weighted by Gasteiger charge is -2.20. The van der Waals surface area contributed by atoms with Crippen molar-refractivity contribution in [3.8, 4) is 0 Å². The van der Waals surface area contributed by atoms with E-state index in [9.17, 15) is 4.79 Å². The number of carbonyl (C=O) groups is 1. The number of hydrogen-bond acceptors (Lipinski definition) is 5. The van der Waals surface area contributed by atoms with Crippen LogP contribution in [0.25, 0.3) is 0 Å². The first kappa shape index (κ1) is 19.4. The van der Waals surface area contributed by atoms with E-state index in [0.717, 1.165) is 25.9 Å². The Kier molecular flexibility index (Phi) is 14.3. The van der Waals surface area contributed by atoms with Crippen molar-refractivity contribution in [2.24, 2.45) is 0 Å². The van der Waals surface area contributed by atoms with E-state index in [1.54, 1.807) is 14.2 Å². The zero-order chi connectivity index (χ0) is 15.1. The molecule has 0 aliphatic rings. The van der Waals surface area contributed by atoms with Gasteiger partial charge in [0.05, 0.1) is 26.2 Å². The van der Waals surface area contributed by atoms with Crippen LogP contribution in [0, 0.1) is 0 Å². The van der Waals surface area contributed by atoms with Gasteiger partial charge in [-0.05, 0) is 6.42 Å². The summed E-state index contributed by atoms with van der Waals surface area (Å²) in [6.45, 7) is 6.36. The first-order valence-corrected chi connectivity index (χ1v) is 7.60. The van der Waals surface area contributed by atoms with Gasteiger partial charge in [0.2, 0.25) is 0 Å². The molecule has 0 N–H and O–H groups in total. The normalized spacial score (nSPS) is 11.0. The van der Waals surface area contributed by atoms with Gasteiger partial charge in [-0.25, -0.2) is 0 Å². The number of ether oxygens (including phenoxy) is 3. The highest BCUT2D eigenvalue weighted by Crippen LogP contribution is 2.00.